The topological polar surface area (TPSA) is 66.8 Å². The minimum atomic E-state index is -0.859. The van der Waals surface area contributed by atoms with E-state index < -0.39 is 23.8 Å². The monoisotopic (exact) mass is 295 g/mol. The summed E-state index contributed by atoms with van der Waals surface area (Å²) < 4.78 is 18.8. The van der Waals surface area contributed by atoms with Gasteiger partial charge in [-0.05, 0) is 19.1 Å². The van der Waals surface area contributed by atoms with Crippen LogP contribution in [0.5, 0.6) is 5.75 Å². The summed E-state index contributed by atoms with van der Waals surface area (Å²) in [4.78, 5) is 24.5. The van der Waals surface area contributed by atoms with E-state index in [1.54, 1.807) is 26.0 Å². The van der Waals surface area contributed by atoms with E-state index in [1.807, 2.05) is 0 Å². The van der Waals surface area contributed by atoms with Gasteiger partial charge in [0.25, 0.3) is 5.91 Å². The summed E-state index contributed by atoms with van der Waals surface area (Å²) in [6, 6.07) is 5.90. The highest BCUT2D eigenvalue weighted by molar-refractivity contribution is 5.82. The molecule has 2 atom stereocenters. The zero-order valence-corrected chi connectivity index (χ0v) is 12.0. The van der Waals surface area contributed by atoms with Crippen molar-refractivity contribution in [2.75, 3.05) is 13.1 Å². The highest BCUT2D eigenvalue weighted by atomic mass is 19.1. The highest BCUT2D eigenvalue weighted by Crippen LogP contribution is 2.25. The van der Waals surface area contributed by atoms with Gasteiger partial charge in [-0.15, -0.1) is 0 Å². The molecule has 0 aromatic heterocycles. The van der Waals surface area contributed by atoms with Gasteiger partial charge >= 0.3 is 5.97 Å². The van der Waals surface area contributed by atoms with Crippen molar-refractivity contribution in [1.82, 2.24) is 4.90 Å². The van der Waals surface area contributed by atoms with Crippen LogP contribution in [0.1, 0.15) is 13.8 Å². The largest absolute Gasteiger partial charge is 0.481 e. The molecule has 21 heavy (non-hydrogen) atoms. The predicted octanol–water partition coefficient (Wildman–Crippen LogP) is 1.77. The van der Waals surface area contributed by atoms with Gasteiger partial charge in [0.05, 0.1) is 5.92 Å². The summed E-state index contributed by atoms with van der Waals surface area (Å²) in [5.74, 6) is -2.11. The molecule has 114 valence electrons. The third kappa shape index (κ3) is 3.32. The number of carboxylic acid groups (broad SMARTS) is 1. The second-order valence-corrected chi connectivity index (χ2v) is 5.32. The number of halogens is 1. The van der Waals surface area contributed by atoms with E-state index in [0.29, 0.717) is 13.1 Å². The van der Waals surface area contributed by atoms with Crippen LogP contribution in [0.25, 0.3) is 0 Å². The van der Waals surface area contributed by atoms with E-state index in [0.717, 1.165) is 0 Å². The molecule has 1 aliphatic rings. The summed E-state index contributed by atoms with van der Waals surface area (Å²) in [5.41, 5.74) is 0. The Kier molecular flexibility index (Phi) is 4.45. The van der Waals surface area contributed by atoms with Gasteiger partial charge in [0.2, 0.25) is 0 Å². The Morgan fingerprint density at radius 1 is 1.33 bits per heavy atom. The molecule has 1 N–H and O–H groups in total. The maximum absolute atomic E-state index is 13.5. The molecule has 1 aliphatic heterocycles. The van der Waals surface area contributed by atoms with Crippen LogP contribution in [0.3, 0.4) is 0 Å². The van der Waals surface area contributed by atoms with Crippen molar-refractivity contribution in [3.63, 3.8) is 0 Å². The number of benzene rings is 1. The van der Waals surface area contributed by atoms with Crippen LogP contribution in [0.4, 0.5) is 4.39 Å². The van der Waals surface area contributed by atoms with Gasteiger partial charge in [0.15, 0.2) is 17.7 Å². The molecule has 0 spiro atoms. The average molecular weight is 295 g/mol. The molecule has 1 fully saturated rings. The maximum Gasteiger partial charge on any atom is 0.306 e. The van der Waals surface area contributed by atoms with Crippen LogP contribution in [0.15, 0.2) is 24.3 Å². The Morgan fingerprint density at radius 3 is 2.52 bits per heavy atom. The molecule has 1 saturated heterocycles. The SMILES string of the molecule is CC(Oc1ccccc1F)C(=O)N1CC(C(C)C(=O)O)C1. The lowest BCUT2D eigenvalue weighted by Gasteiger charge is -2.42. The van der Waals surface area contributed by atoms with Crippen LogP contribution in [0, 0.1) is 17.7 Å². The summed E-state index contributed by atoms with van der Waals surface area (Å²) in [6.45, 7) is 3.99. The standard InChI is InChI=1S/C15H18FNO4/c1-9(15(19)20)11-7-17(8-11)14(18)10(2)21-13-6-4-3-5-12(13)16/h3-6,9-11H,7-8H2,1-2H3,(H,19,20). The first-order valence-electron chi connectivity index (χ1n) is 6.83. The van der Waals surface area contributed by atoms with Gasteiger partial charge in [-0.25, -0.2) is 4.39 Å². The molecule has 2 unspecified atom stereocenters. The second-order valence-electron chi connectivity index (χ2n) is 5.32. The molecule has 1 heterocycles. The number of amides is 1. The van der Waals surface area contributed by atoms with E-state index in [-0.39, 0.29) is 17.6 Å². The molecule has 0 aliphatic carbocycles. The van der Waals surface area contributed by atoms with Crippen molar-refractivity contribution in [2.45, 2.75) is 20.0 Å². The first kappa shape index (κ1) is 15.3. The lowest BCUT2D eigenvalue weighted by Crippen LogP contribution is -2.56. The van der Waals surface area contributed by atoms with Crippen molar-refractivity contribution in [3.8, 4) is 5.75 Å². The Labute approximate surface area is 122 Å². The lowest BCUT2D eigenvalue weighted by molar-refractivity contribution is -0.153. The first-order chi connectivity index (χ1) is 9.90. The van der Waals surface area contributed by atoms with Crippen LogP contribution < -0.4 is 4.74 Å². The van der Waals surface area contributed by atoms with E-state index in [4.69, 9.17) is 9.84 Å². The molecule has 1 aromatic rings. The number of hydrogen-bond acceptors (Lipinski definition) is 3. The van der Waals surface area contributed by atoms with Gasteiger partial charge in [-0.2, -0.15) is 0 Å². The highest BCUT2D eigenvalue weighted by Gasteiger charge is 2.39. The Balaban J connectivity index is 1.88. The normalized spacial score (nSPS) is 17.8. The molecule has 1 aromatic carbocycles. The van der Waals surface area contributed by atoms with Gasteiger partial charge in [0, 0.05) is 19.0 Å². The Hall–Kier alpha value is -2.11. The van der Waals surface area contributed by atoms with E-state index in [9.17, 15) is 14.0 Å². The van der Waals surface area contributed by atoms with Gasteiger partial charge in [-0.3, -0.25) is 9.59 Å². The zero-order valence-electron chi connectivity index (χ0n) is 12.0. The summed E-state index contributed by atoms with van der Waals surface area (Å²) in [7, 11) is 0. The minimum absolute atomic E-state index is 0.0351. The third-order valence-corrected chi connectivity index (χ3v) is 3.81. The smallest absolute Gasteiger partial charge is 0.306 e. The Bertz CT molecular complexity index is 542. The molecule has 2 rings (SSSR count). The fraction of sp³-hybridized carbons (Fsp3) is 0.467. The summed E-state index contributed by atoms with van der Waals surface area (Å²) in [6.07, 6.45) is -0.803. The van der Waals surface area contributed by atoms with Crippen molar-refractivity contribution in [2.24, 2.45) is 11.8 Å². The zero-order chi connectivity index (χ0) is 15.6. The number of aliphatic carboxylic acids is 1. The average Bonchev–Trinajstić information content (AvgIpc) is 2.39. The molecule has 5 nitrogen and oxygen atoms in total. The maximum atomic E-state index is 13.5. The van der Waals surface area contributed by atoms with E-state index in [2.05, 4.69) is 0 Å². The van der Waals surface area contributed by atoms with E-state index in [1.165, 1.54) is 17.0 Å². The van der Waals surface area contributed by atoms with Gasteiger partial charge < -0.3 is 14.7 Å². The third-order valence-electron chi connectivity index (χ3n) is 3.81. The molecule has 1 amide bonds. The predicted molar refractivity (Wildman–Crippen MR) is 73.4 cm³/mol. The lowest BCUT2D eigenvalue weighted by atomic mass is 9.87. The van der Waals surface area contributed by atoms with Crippen molar-refractivity contribution in [3.05, 3.63) is 30.1 Å². The van der Waals surface area contributed by atoms with Crippen molar-refractivity contribution >= 4 is 11.9 Å². The molecular weight excluding hydrogens is 277 g/mol. The number of rotatable bonds is 5. The minimum Gasteiger partial charge on any atom is -0.481 e. The second kappa shape index (κ2) is 6.11. The first-order valence-corrected chi connectivity index (χ1v) is 6.83. The molecular formula is C15H18FNO4. The summed E-state index contributed by atoms with van der Waals surface area (Å²) >= 11 is 0. The van der Waals surface area contributed by atoms with Crippen LogP contribution in [-0.4, -0.2) is 41.1 Å². The molecule has 0 bridgehead atoms. The number of carbonyl (C=O) groups excluding carboxylic acids is 1. The fourth-order valence-electron chi connectivity index (χ4n) is 2.25. The van der Waals surface area contributed by atoms with E-state index >= 15 is 0 Å². The fourth-order valence-corrected chi connectivity index (χ4v) is 2.25. The number of carbonyl (C=O) groups is 2. The number of para-hydroxylation sites is 1. The number of nitrogens with zero attached hydrogens (tertiary/aromatic N) is 1. The van der Waals surface area contributed by atoms with Crippen molar-refractivity contribution < 1.29 is 23.8 Å². The van der Waals surface area contributed by atoms with Crippen molar-refractivity contribution in [1.29, 1.82) is 0 Å². The number of likely N-dealkylation sites (tertiary alicyclic amines) is 1. The molecule has 0 saturated carbocycles. The number of carboxylic acids is 1. The number of hydrogen-bond donors (Lipinski definition) is 1. The van der Waals surface area contributed by atoms with Crippen LogP contribution >= 0.6 is 0 Å². The quantitative estimate of drug-likeness (QED) is 0.899. The van der Waals surface area contributed by atoms with Crippen LogP contribution in [0.2, 0.25) is 0 Å². The van der Waals surface area contributed by atoms with Gasteiger partial charge in [-0.1, -0.05) is 19.1 Å². The molecule has 0 radical (unpaired) electrons. The van der Waals surface area contributed by atoms with Crippen LogP contribution in [-0.2, 0) is 9.59 Å². The summed E-state index contributed by atoms with van der Waals surface area (Å²) in [5, 5.41) is 8.91. The Morgan fingerprint density at radius 2 is 1.95 bits per heavy atom. The number of ether oxygens (including phenoxy) is 1. The van der Waals surface area contributed by atoms with Gasteiger partial charge in [0.1, 0.15) is 0 Å². The molecule has 6 heteroatoms.